The van der Waals surface area contributed by atoms with Crippen molar-refractivity contribution in [1.29, 1.82) is 0 Å². The van der Waals surface area contributed by atoms with Gasteiger partial charge in [-0.05, 0) is 12.1 Å². The van der Waals surface area contributed by atoms with Crippen LogP contribution in [-0.2, 0) is 14.6 Å². The molecule has 0 aromatic carbocycles. The van der Waals surface area contributed by atoms with Crippen LogP contribution in [0.5, 0.6) is 5.75 Å². The Labute approximate surface area is 140 Å². The summed E-state index contributed by atoms with van der Waals surface area (Å²) >= 11 is 0. The molecule has 3 heterocycles. The van der Waals surface area contributed by atoms with E-state index in [4.69, 9.17) is 0 Å². The number of fused-ring (bicyclic) bond motifs is 1. The molecule has 2 saturated heterocycles. The number of nitrogens with zero attached hydrogens (tertiary/aromatic N) is 3. The van der Waals surface area contributed by atoms with Crippen LogP contribution in [0.25, 0.3) is 0 Å². The molecule has 9 heteroatoms. The normalized spacial score (nSPS) is 25.4. The van der Waals surface area contributed by atoms with Gasteiger partial charge in [0.15, 0.2) is 15.5 Å². The molecule has 1 aromatic heterocycles. The summed E-state index contributed by atoms with van der Waals surface area (Å²) in [6.45, 7) is 2.23. The highest BCUT2D eigenvalue weighted by Gasteiger charge is 2.49. The van der Waals surface area contributed by atoms with E-state index < -0.39 is 27.8 Å². The Balaban J connectivity index is 1.93. The topological polar surface area (TPSA) is 108 Å². The molecule has 1 N–H and O–H groups in total. The molecule has 2 aliphatic heterocycles. The van der Waals surface area contributed by atoms with Gasteiger partial charge in [-0.2, -0.15) is 0 Å². The second-order valence-corrected chi connectivity index (χ2v) is 8.18. The molecule has 0 radical (unpaired) electrons. The number of hydrogen-bond acceptors (Lipinski definition) is 6. The number of sulfone groups is 1. The Morgan fingerprint density at radius 1 is 1.25 bits per heavy atom. The summed E-state index contributed by atoms with van der Waals surface area (Å²) in [5.41, 5.74) is -0.101. The first-order valence-electron chi connectivity index (χ1n) is 7.79. The van der Waals surface area contributed by atoms with E-state index in [1.54, 1.807) is 11.8 Å². The van der Waals surface area contributed by atoms with Crippen molar-refractivity contribution < 1.29 is 23.1 Å². The third-order valence-electron chi connectivity index (χ3n) is 4.55. The fourth-order valence-corrected chi connectivity index (χ4v) is 5.40. The quantitative estimate of drug-likeness (QED) is 0.778. The predicted molar refractivity (Wildman–Crippen MR) is 85.2 cm³/mol. The van der Waals surface area contributed by atoms with Gasteiger partial charge in [-0.15, -0.1) is 0 Å². The molecule has 2 atom stereocenters. The number of aromatic nitrogens is 1. The zero-order chi connectivity index (χ0) is 17.5. The number of piperazine rings is 1. The summed E-state index contributed by atoms with van der Waals surface area (Å²) in [4.78, 5) is 31.7. The smallest absolute Gasteiger partial charge is 0.276 e. The van der Waals surface area contributed by atoms with Gasteiger partial charge in [0, 0.05) is 25.7 Å². The standard InChI is InChI=1S/C15H19N3O5S/c1-2-13(20)17-6-7-18(11-9-24(22,23)8-10(11)17)15(21)14-12(19)4-3-5-16-14/h3-5,10-11,19H,2,6-9H2,1H3/t10-,11+/m1/s1. The fraction of sp³-hybridized carbons (Fsp3) is 0.533. The van der Waals surface area contributed by atoms with Crippen molar-refractivity contribution in [2.75, 3.05) is 24.6 Å². The van der Waals surface area contributed by atoms with Crippen molar-refractivity contribution in [3.05, 3.63) is 24.0 Å². The van der Waals surface area contributed by atoms with Crippen LogP contribution in [-0.4, -0.2) is 76.8 Å². The highest BCUT2D eigenvalue weighted by molar-refractivity contribution is 7.91. The second kappa shape index (κ2) is 6.04. The zero-order valence-corrected chi connectivity index (χ0v) is 14.1. The van der Waals surface area contributed by atoms with Gasteiger partial charge in [-0.1, -0.05) is 6.92 Å². The molecule has 2 amide bonds. The second-order valence-electron chi connectivity index (χ2n) is 6.02. The van der Waals surface area contributed by atoms with Crippen LogP contribution < -0.4 is 0 Å². The molecule has 1 aromatic rings. The summed E-state index contributed by atoms with van der Waals surface area (Å²) in [6.07, 6.45) is 1.69. The summed E-state index contributed by atoms with van der Waals surface area (Å²) in [5, 5.41) is 9.84. The van der Waals surface area contributed by atoms with E-state index in [0.717, 1.165) is 0 Å². The molecule has 0 aliphatic carbocycles. The molecule has 2 aliphatic rings. The van der Waals surface area contributed by atoms with Gasteiger partial charge in [-0.3, -0.25) is 9.59 Å². The van der Waals surface area contributed by atoms with Gasteiger partial charge in [0.25, 0.3) is 5.91 Å². The number of aromatic hydroxyl groups is 1. The number of pyridine rings is 1. The van der Waals surface area contributed by atoms with Crippen LogP contribution in [0, 0.1) is 0 Å². The highest BCUT2D eigenvalue weighted by atomic mass is 32.2. The van der Waals surface area contributed by atoms with Gasteiger partial charge in [0.1, 0.15) is 5.75 Å². The molecular formula is C15H19N3O5S. The first-order valence-corrected chi connectivity index (χ1v) is 9.61. The maximum absolute atomic E-state index is 12.7. The van der Waals surface area contributed by atoms with Crippen molar-refractivity contribution in [1.82, 2.24) is 14.8 Å². The Morgan fingerprint density at radius 3 is 2.50 bits per heavy atom. The molecule has 8 nitrogen and oxygen atoms in total. The molecule has 24 heavy (non-hydrogen) atoms. The molecule has 2 fully saturated rings. The van der Waals surface area contributed by atoms with Gasteiger partial charge in [-0.25, -0.2) is 13.4 Å². The monoisotopic (exact) mass is 353 g/mol. The molecule has 0 spiro atoms. The predicted octanol–water partition coefficient (Wildman–Crippen LogP) is -0.353. The summed E-state index contributed by atoms with van der Waals surface area (Å²) in [5.74, 6) is -1.18. The number of hydrogen-bond donors (Lipinski definition) is 1. The van der Waals surface area contributed by atoms with E-state index in [0.29, 0.717) is 0 Å². The van der Waals surface area contributed by atoms with Crippen LogP contribution in [0.2, 0.25) is 0 Å². The van der Waals surface area contributed by atoms with Crippen molar-refractivity contribution >= 4 is 21.7 Å². The maximum Gasteiger partial charge on any atom is 0.276 e. The lowest BCUT2D eigenvalue weighted by atomic mass is 10.0. The number of carbonyl (C=O) groups excluding carboxylic acids is 2. The van der Waals surface area contributed by atoms with E-state index in [-0.39, 0.29) is 48.4 Å². The Hall–Kier alpha value is -2.16. The lowest BCUT2D eigenvalue weighted by molar-refractivity contribution is -0.135. The Kier molecular flexibility index (Phi) is 4.20. The van der Waals surface area contributed by atoms with E-state index in [9.17, 15) is 23.1 Å². The summed E-state index contributed by atoms with van der Waals surface area (Å²) < 4.78 is 24.2. The molecular weight excluding hydrogens is 334 g/mol. The Bertz CT molecular complexity index is 779. The minimum Gasteiger partial charge on any atom is -0.505 e. The largest absolute Gasteiger partial charge is 0.505 e. The molecule has 130 valence electrons. The third kappa shape index (κ3) is 2.83. The van der Waals surface area contributed by atoms with E-state index >= 15 is 0 Å². The van der Waals surface area contributed by atoms with E-state index in [1.807, 2.05) is 0 Å². The highest BCUT2D eigenvalue weighted by Crippen LogP contribution is 2.29. The van der Waals surface area contributed by atoms with Crippen molar-refractivity contribution in [3.8, 4) is 5.75 Å². The average molecular weight is 353 g/mol. The first kappa shape index (κ1) is 16.7. The van der Waals surface area contributed by atoms with Crippen LogP contribution in [0.4, 0.5) is 0 Å². The number of carbonyl (C=O) groups is 2. The van der Waals surface area contributed by atoms with Crippen molar-refractivity contribution in [2.24, 2.45) is 0 Å². The van der Waals surface area contributed by atoms with Crippen LogP contribution >= 0.6 is 0 Å². The molecule has 0 unspecified atom stereocenters. The van der Waals surface area contributed by atoms with Gasteiger partial charge in [0.05, 0.1) is 23.6 Å². The molecule has 3 rings (SSSR count). The van der Waals surface area contributed by atoms with Gasteiger partial charge < -0.3 is 14.9 Å². The van der Waals surface area contributed by atoms with Crippen molar-refractivity contribution in [2.45, 2.75) is 25.4 Å². The van der Waals surface area contributed by atoms with Gasteiger partial charge >= 0.3 is 0 Å². The zero-order valence-electron chi connectivity index (χ0n) is 13.3. The lowest BCUT2D eigenvalue weighted by Crippen LogP contribution is -2.62. The van der Waals surface area contributed by atoms with Gasteiger partial charge in [0.2, 0.25) is 5.91 Å². The minimum absolute atomic E-state index is 0.101. The Morgan fingerprint density at radius 2 is 1.88 bits per heavy atom. The number of rotatable bonds is 2. The van der Waals surface area contributed by atoms with Crippen LogP contribution in [0.15, 0.2) is 18.3 Å². The van der Waals surface area contributed by atoms with Crippen LogP contribution in [0.1, 0.15) is 23.8 Å². The SMILES string of the molecule is CCC(=O)N1CCN(C(=O)c2ncccc2O)[C@H]2CS(=O)(=O)C[C@H]21. The summed E-state index contributed by atoms with van der Waals surface area (Å²) in [6, 6.07) is 1.73. The lowest BCUT2D eigenvalue weighted by Gasteiger charge is -2.43. The van der Waals surface area contributed by atoms with Crippen molar-refractivity contribution in [3.63, 3.8) is 0 Å². The first-order chi connectivity index (χ1) is 11.3. The molecule has 0 bridgehead atoms. The average Bonchev–Trinajstić information content (AvgIpc) is 2.87. The fourth-order valence-electron chi connectivity index (χ4n) is 3.42. The summed E-state index contributed by atoms with van der Waals surface area (Å²) in [7, 11) is -3.33. The minimum atomic E-state index is -3.33. The third-order valence-corrected chi connectivity index (χ3v) is 6.25. The van der Waals surface area contributed by atoms with E-state index in [1.165, 1.54) is 23.2 Å². The molecule has 0 saturated carbocycles. The number of amides is 2. The van der Waals surface area contributed by atoms with E-state index in [2.05, 4.69) is 4.98 Å². The van der Waals surface area contributed by atoms with Crippen LogP contribution in [0.3, 0.4) is 0 Å². The maximum atomic E-state index is 12.7.